The molecule has 1 aliphatic rings. The number of hydrogen-bond acceptors (Lipinski definition) is 4. The van der Waals surface area contributed by atoms with Gasteiger partial charge in [-0.05, 0) is 34.6 Å². The fraction of sp³-hybridized carbons (Fsp3) is 0.750. The van der Waals surface area contributed by atoms with E-state index in [2.05, 4.69) is 5.10 Å². The first kappa shape index (κ1) is 13.6. The Kier molecular flexibility index (Phi) is 3.29. The molecular formula is C12H21BN2O3. The van der Waals surface area contributed by atoms with E-state index >= 15 is 0 Å². The smallest absolute Gasteiger partial charge is 0.399 e. The highest BCUT2D eigenvalue weighted by Crippen LogP contribution is 2.36. The molecule has 0 amide bonds. The van der Waals surface area contributed by atoms with E-state index in [9.17, 15) is 5.11 Å². The molecule has 5 nitrogen and oxygen atoms in total. The second kappa shape index (κ2) is 4.37. The van der Waals surface area contributed by atoms with Crippen LogP contribution >= 0.6 is 0 Å². The maximum atomic E-state index is 9.32. The van der Waals surface area contributed by atoms with Crippen molar-refractivity contribution < 1.29 is 14.4 Å². The second-order valence-corrected chi connectivity index (χ2v) is 5.93. The summed E-state index contributed by atoms with van der Waals surface area (Å²) in [5.74, 6) is 0. The van der Waals surface area contributed by atoms with Gasteiger partial charge in [0.1, 0.15) is 0 Å². The van der Waals surface area contributed by atoms with E-state index < -0.39 is 13.2 Å². The molecule has 1 aromatic heterocycles. The van der Waals surface area contributed by atoms with E-state index in [0.717, 1.165) is 5.46 Å². The third-order valence-corrected chi connectivity index (χ3v) is 3.63. The number of hydrogen-bond donors (Lipinski definition) is 1. The van der Waals surface area contributed by atoms with Crippen LogP contribution in [0.4, 0.5) is 0 Å². The van der Waals surface area contributed by atoms with Crippen molar-refractivity contribution in [1.82, 2.24) is 9.78 Å². The zero-order valence-corrected chi connectivity index (χ0v) is 11.7. The third kappa shape index (κ3) is 2.46. The van der Waals surface area contributed by atoms with Crippen LogP contribution in [0.5, 0.6) is 0 Å². The number of aliphatic hydroxyl groups excluding tert-OH is 1. The van der Waals surface area contributed by atoms with Crippen molar-refractivity contribution in [3.8, 4) is 0 Å². The Hall–Kier alpha value is -0.845. The van der Waals surface area contributed by atoms with Crippen LogP contribution in [0.15, 0.2) is 12.4 Å². The highest BCUT2D eigenvalue weighted by Gasteiger charge is 2.52. The Morgan fingerprint density at radius 1 is 1.33 bits per heavy atom. The molecule has 0 aromatic carbocycles. The molecular weight excluding hydrogens is 231 g/mol. The number of aromatic nitrogens is 2. The molecule has 0 saturated carbocycles. The summed E-state index contributed by atoms with van der Waals surface area (Å²) in [4.78, 5) is 0. The molecule has 18 heavy (non-hydrogen) atoms. The molecule has 1 aliphatic heterocycles. The van der Waals surface area contributed by atoms with Gasteiger partial charge in [-0.25, -0.2) is 0 Å². The van der Waals surface area contributed by atoms with Crippen LogP contribution in [0, 0.1) is 0 Å². The van der Waals surface area contributed by atoms with Gasteiger partial charge in [0.05, 0.1) is 23.9 Å². The summed E-state index contributed by atoms with van der Waals surface area (Å²) in [5, 5.41) is 13.5. The van der Waals surface area contributed by atoms with Gasteiger partial charge in [0.2, 0.25) is 0 Å². The largest absolute Gasteiger partial charge is 0.498 e. The molecule has 0 radical (unpaired) electrons. The minimum atomic E-state index is -0.420. The maximum Gasteiger partial charge on any atom is 0.498 e. The van der Waals surface area contributed by atoms with Gasteiger partial charge in [0.15, 0.2) is 0 Å². The molecule has 1 aromatic rings. The van der Waals surface area contributed by atoms with E-state index in [0.29, 0.717) is 6.54 Å². The van der Waals surface area contributed by atoms with Gasteiger partial charge in [-0.15, -0.1) is 0 Å². The van der Waals surface area contributed by atoms with Crippen molar-refractivity contribution in [3.05, 3.63) is 12.4 Å². The van der Waals surface area contributed by atoms with Crippen molar-refractivity contribution >= 4 is 12.6 Å². The van der Waals surface area contributed by atoms with Gasteiger partial charge in [-0.3, -0.25) is 4.68 Å². The molecule has 1 atom stereocenters. The fourth-order valence-electron chi connectivity index (χ4n) is 1.85. The molecule has 6 heteroatoms. The predicted octanol–water partition coefficient (Wildman–Crippen LogP) is 0.563. The summed E-state index contributed by atoms with van der Waals surface area (Å²) in [6.45, 7) is 10.3. The molecule has 0 spiro atoms. The zero-order valence-electron chi connectivity index (χ0n) is 11.7. The van der Waals surface area contributed by atoms with Crippen molar-refractivity contribution in [2.75, 3.05) is 0 Å². The van der Waals surface area contributed by atoms with Crippen LogP contribution in [0.1, 0.15) is 34.6 Å². The SMILES string of the molecule is C[C@@H](O)Cn1cc(B2OC(C)(C)C(C)(C)O2)cn1. The molecule has 2 heterocycles. The van der Waals surface area contributed by atoms with Gasteiger partial charge in [0, 0.05) is 17.9 Å². The normalized spacial score (nSPS) is 23.3. The lowest BCUT2D eigenvalue weighted by molar-refractivity contribution is 0.00578. The number of rotatable bonds is 3. The van der Waals surface area contributed by atoms with Crippen molar-refractivity contribution in [1.29, 1.82) is 0 Å². The van der Waals surface area contributed by atoms with Crippen molar-refractivity contribution in [2.24, 2.45) is 0 Å². The molecule has 0 unspecified atom stereocenters. The summed E-state index contributed by atoms with van der Waals surface area (Å²) in [6, 6.07) is 0. The monoisotopic (exact) mass is 252 g/mol. The quantitative estimate of drug-likeness (QED) is 0.799. The summed E-state index contributed by atoms with van der Waals surface area (Å²) in [6.07, 6.45) is 3.16. The predicted molar refractivity (Wildman–Crippen MR) is 69.6 cm³/mol. The molecule has 1 fully saturated rings. The van der Waals surface area contributed by atoms with Crippen LogP contribution in [-0.2, 0) is 15.9 Å². The molecule has 1 N–H and O–H groups in total. The van der Waals surface area contributed by atoms with Crippen LogP contribution < -0.4 is 5.46 Å². The molecule has 1 saturated heterocycles. The van der Waals surface area contributed by atoms with Gasteiger partial charge in [-0.2, -0.15) is 5.10 Å². The van der Waals surface area contributed by atoms with E-state index in [1.54, 1.807) is 17.8 Å². The maximum absolute atomic E-state index is 9.32. The van der Waals surface area contributed by atoms with Crippen LogP contribution in [0.3, 0.4) is 0 Å². The van der Waals surface area contributed by atoms with Gasteiger partial charge >= 0.3 is 7.12 Å². The highest BCUT2D eigenvalue weighted by atomic mass is 16.7. The van der Waals surface area contributed by atoms with Gasteiger partial charge in [-0.1, -0.05) is 0 Å². The van der Waals surface area contributed by atoms with Gasteiger partial charge < -0.3 is 14.4 Å². The standard InChI is InChI=1S/C12H21BN2O3/c1-9(16)7-15-8-10(6-14-15)13-17-11(2,3)12(4,5)18-13/h6,8-9,16H,7H2,1-5H3/t9-/m1/s1. The number of nitrogens with zero attached hydrogens (tertiary/aromatic N) is 2. The molecule has 0 aliphatic carbocycles. The molecule has 0 bridgehead atoms. The minimum Gasteiger partial charge on any atom is -0.399 e. The lowest BCUT2D eigenvalue weighted by Gasteiger charge is -2.32. The topological polar surface area (TPSA) is 56.5 Å². The third-order valence-electron chi connectivity index (χ3n) is 3.63. The Morgan fingerprint density at radius 3 is 2.39 bits per heavy atom. The second-order valence-electron chi connectivity index (χ2n) is 5.93. The fourth-order valence-corrected chi connectivity index (χ4v) is 1.85. The van der Waals surface area contributed by atoms with E-state index in [4.69, 9.17) is 9.31 Å². The lowest BCUT2D eigenvalue weighted by Crippen LogP contribution is -2.41. The summed E-state index contributed by atoms with van der Waals surface area (Å²) >= 11 is 0. The summed E-state index contributed by atoms with van der Waals surface area (Å²) < 4.78 is 13.6. The minimum absolute atomic E-state index is 0.343. The average molecular weight is 252 g/mol. The number of aliphatic hydroxyl groups is 1. The summed E-state index contributed by atoms with van der Waals surface area (Å²) in [5.41, 5.74) is 0.197. The molecule has 2 rings (SSSR count). The van der Waals surface area contributed by atoms with E-state index in [-0.39, 0.29) is 11.2 Å². The first-order valence-corrected chi connectivity index (χ1v) is 6.27. The average Bonchev–Trinajstić information content (AvgIpc) is 2.70. The lowest BCUT2D eigenvalue weighted by atomic mass is 9.82. The Labute approximate surface area is 108 Å². The first-order chi connectivity index (χ1) is 8.21. The van der Waals surface area contributed by atoms with Gasteiger partial charge in [0.25, 0.3) is 0 Å². The Morgan fingerprint density at radius 2 is 1.89 bits per heavy atom. The van der Waals surface area contributed by atoms with Crippen LogP contribution in [0.2, 0.25) is 0 Å². The van der Waals surface area contributed by atoms with Crippen molar-refractivity contribution in [2.45, 2.75) is 58.5 Å². The first-order valence-electron chi connectivity index (χ1n) is 6.27. The summed E-state index contributed by atoms with van der Waals surface area (Å²) in [7, 11) is -0.391. The van der Waals surface area contributed by atoms with Crippen molar-refractivity contribution in [3.63, 3.8) is 0 Å². The Balaban J connectivity index is 2.12. The Bertz CT molecular complexity index is 413. The van der Waals surface area contributed by atoms with E-state index in [1.807, 2.05) is 33.9 Å². The molecule has 100 valence electrons. The highest BCUT2D eigenvalue weighted by molar-refractivity contribution is 6.61. The zero-order chi connectivity index (χ0) is 13.6. The van der Waals surface area contributed by atoms with Crippen LogP contribution in [0.25, 0.3) is 0 Å². The van der Waals surface area contributed by atoms with Crippen LogP contribution in [-0.4, -0.2) is 39.3 Å². The van der Waals surface area contributed by atoms with E-state index in [1.165, 1.54) is 0 Å².